The molecule has 0 aliphatic carbocycles. The number of halogens is 4. The summed E-state index contributed by atoms with van der Waals surface area (Å²) in [7, 11) is 0. The van der Waals surface area contributed by atoms with Gasteiger partial charge in [-0.2, -0.15) is 13.2 Å². The third-order valence-electron chi connectivity index (χ3n) is 4.23. The highest BCUT2D eigenvalue weighted by atomic mass is 35.5. The summed E-state index contributed by atoms with van der Waals surface area (Å²) in [4.78, 5) is 4.59. The lowest BCUT2D eigenvalue weighted by Crippen LogP contribution is -2.47. The Morgan fingerprint density at radius 3 is 2.42 bits per heavy atom. The van der Waals surface area contributed by atoms with Crippen LogP contribution in [0.4, 0.5) is 24.7 Å². The topological polar surface area (TPSA) is 44.3 Å². The molecule has 1 aliphatic rings. The summed E-state index contributed by atoms with van der Waals surface area (Å²) < 4.78 is 37.3. The van der Waals surface area contributed by atoms with E-state index >= 15 is 0 Å². The quantitative estimate of drug-likeness (QED) is 0.854. The summed E-state index contributed by atoms with van der Waals surface area (Å²) >= 11 is 6.04. The van der Waals surface area contributed by atoms with Crippen molar-refractivity contribution in [2.45, 2.75) is 6.18 Å². The Hall–Kier alpha value is -2.06. The molecule has 1 fully saturated rings. The predicted molar refractivity (Wildman–Crippen MR) is 95.6 cm³/mol. The number of rotatable bonds is 5. The monoisotopic (exact) mass is 385 g/mol. The van der Waals surface area contributed by atoms with Gasteiger partial charge >= 0.3 is 6.18 Å². The van der Waals surface area contributed by atoms with Crippen molar-refractivity contribution in [3.63, 3.8) is 0 Å². The number of piperazine rings is 1. The highest BCUT2D eigenvalue weighted by molar-refractivity contribution is 6.30. The average Bonchev–Trinajstić information content (AvgIpc) is 2.62. The molecule has 0 spiro atoms. The largest absolute Gasteiger partial charge is 0.435 e. The van der Waals surface area contributed by atoms with Crippen LogP contribution in [0.5, 0.6) is 0 Å². The smallest absolute Gasteiger partial charge is 0.369 e. The highest BCUT2D eigenvalue weighted by Gasteiger charge is 2.32. The molecule has 1 aromatic heterocycles. The Kier molecular flexibility index (Phi) is 5.83. The molecule has 0 amide bonds. The minimum atomic E-state index is -4.46. The molecule has 0 atom stereocenters. The molecule has 26 heavy (non-hydrogen) atoms. The van der Waals surface area contributed by atoms with Crippen molar-refractivity contribution < 1.29 is 13.2 Å². The van der Waals surface area contributed by atoms with Gasteiger partial charge in [0.2, 0.25) is 0 Å². The second kappa shape index (κ2) is 8.09. The van der Waals surface area contributed by atoms with Crippen molar-refractivity contribution in [2.75, 3.05) is 49.5 Å². The molecular weight excluding hydrogens is 367 g/mol. The summed E-state index contributed by atoms with van der Waals surface area (Å²) in [5.74, 6) is 0.343. The molecule has 2 heterocycles. The number of nitrogens with one attached hydrogen (secondary N) is 1. The van der Waals surface area contributed by atoms with Crippen LogP contribution in [0, 0.1) is 0 Å². The molecule has 3 rings (SSSR count). The normalized spacial score (nSPS) is 15.9. The van der Waals surface area contributed by atoms with E-state index in [1.54, 1.807) is 0 Å². The van der Waals surface area contributed by atoms with Crippen LogP contribution >= 0.6 is 11.6 Å². The van der Waals surface area contributed by atoms with Gasteiger partial charge < -0.3 is 10.2 Å². The number of hydrogen-bond donors (Lipinski definition) is 1. The summed E-state index contributed by atoms with van der Waals surface area (Å²) in [6.45, 7) is 5.00. The molecule has 0 saturated carbocycles. The van der Waals surface area contributed by atoms with Gasteiger partial charge in [0.25, 0.3) is 0 Å². The van der Waals surface area contributed by atoms with Crippen LogP contribution in [-0.2, 0) is 6.18 Å². The maximum Gasteiger partial charge on any atom is 0.435 e. The van der Waals surface area contributed by atoms with Crippen LogP contribution in [0.25, 0.3) is 0 Å². The molecule has 1 saturated heterocycles. The Balaban J connectivity index is 1.41. The number of benzene rings is 1. The summed E-state index contributed by atoms with van der Waals surface area (Å²) in [6, 6.07) is 10.0. The van der Waals surface area contributed by atoms with Crippen molar-refractivity contribution in [1.29, 1.82) is 0 Å². The number of aromatic nitrogens is 2. The van der Waals surface area contributed by atoms with Crippen LogP contribution in [0.3, 0.4) is 0 Å². The molecule has 1 aromatic carbocycles. The van der Waals surface area contributed by atoms with Gasteiger partial charge in [0.05, 0.1) is 0 Å². The molecule has 0 bridgehead atoms. The summed E-state index contributed by atoms with van der Waals surface area (Å²) in [5, 5.41) is 10.5. The third-order valence-corrected chi connectivity index (χ3v) is 4.47. The zero-order valence-electron chi connectivity index (χ0n) is 14.0. The zero-order chi connectivity index (χ0) is 18.6. The van der Waals surface area contributed by atoms with E-state index in [9.17, 15) is 13.2 Å². The second-order valence-corrected chi connectivity index (χ2v) is 6.47. The van der Waals surface area contributed by atoms with E-state index in [-0.39, 0.29) is 0 Å². The molecule has 140 valence electrons. The van der Waals surface area contributed by atoms with Crippen LogP contribution < -0.4 is 10.2 Å². The molecule has 0 radical (unpaired) electrons. The Labute approximate surface area is 154 Å². The molecular formula is C17H19ClF3N5. The van der Waals surface area contributed by atoms with Crippen LogP contribution in [0.1, 0.15) is 5.69 Å². The highest BCUT2D eigenvalue weighted by Crippen LogP contribution is 2.27. The van der Waals surface area contributed by atoms with Crippen LogP contribution in [0.15, 0.2) is 36.4 Å². The first-order valence-corrected chi connectivity index (χ1v) is 8.67. The predicted octanol–water partition coefficient (Wildman–Crippen LogP) is 3.38. The van der Waals surface area contributed by atoms with Gasteiger partial charge in [-0.05, 0) is 30.3 Å². The van der Waals surface area contributed by atoms with Gasteiger partial charge in [-0.3, -0.25) is 4.90 Å². The van der Waals surface area contributed by atoms with E-state index < -0.39 is 11.9 Å². The van der Waals surface area contributed by atoms with Crippen molar-refractivity contribution in [2.24, 2.45) is 0 Å². The molecule has 9 heteroatoms. The SMILES string of the molecule is FC(F)(F)c1ccc(NCCN2CCN(c3cccc(Cl)c3)CC2)nn1. The minimum Gasteiger partial charge on any atom is -0.369 e. The van der Waals surface area contributed by atoms with E-state index in [4.69, 9.17) is 11.6 Å². The van der Waals surface area contributed by atoms with E-state index in [0.29, 0.717) is 12.4 Å². The van der Waals surface area contributed by atoms with E-state index in [1.165, 1.54) is 6.07 Å². The Morgan fingerprint density at radius 2 is 1.81 bits per heavy atom. The number of nitrogens with zero attached hydrogens (tertiary/aromatic N) is 4. The number of anilines is 2. The van der Waals surface area contributed by atoms with E-state index in [2.05, 4.69) is 25.3 Å². The lowest BCUT2D eigenvalue weighted by atomic mass is 10.2. The van der Waals surface area contributed by atoms with Crippen LogP contribution in [-0.4, -0.2) is 54.4 Å². The minimum absolute atomic E-state index is 0.343. The van der Waals surface area contributed by atoms with Crippen molar-refractivity contribution in [3.8, 4) is 0 Å². The number of alkyl halides is 3. The fourth-order valence-corrected chi connectivity index (χ4v) is 3.01. The average molecular weight is 386 g/mol. The molecule has 0 unspecified atom stereocenters. The van der Waals surface area contributed by atoms with Gasteiger partial charge in [-0.1, -0.05) is 17.7 Å². The Bertz CT molecular complexity index is 715. The van der Waals surface area contributed by atoms with Gasteiger partial charge in [-0.25, -0.2) is 0 Å². The first-order chi connectivity index (χ1) is 12.4. The van der Waals surface area contributed by atoms with E-state index in [0.717, 1.165) is 49.5 Å². The molecule has 5 nitrogen and oxygen atoms in total. The van der Waals surface area contributed by atoms with Crippen LogP contribution in [0.2, 0.25) is 5.02 Å². The number of hydrogen-bond acceptors (Lipinski definition) is 5. The van der Waals surface area contributed by atoms with E-state index in [1.807, 2.05) is 24.3 Å². The zero-order valence-corrected chi connectivity index (χ0v) is 14.8. The lowest BCUT2D eigenvalue weighted by molar-refractivity contribution is -0.141. The van der Waals surface area contributed by atoms with Crippen molar-refractivity contribution >= 4 is 23.1 Å². The van der Waals surface area contributed by atoms with Crippen molar-refractivity contribution in [1.82, 2.24) is 15.1 Å². The van der Waals surface area contributed by atoms with Gasteiger partial charge in [0.1, 0.15) is 5.82 Å². The summed E-state index contributed by atoms with van der Waals surface area (Å²) in [6.07, 6.45) is -4.46. The third kappa shape index (κ3) is 4.98. The first kappa shape index (κ1) is 18.7. The molecule has 1 aliphatic heterocycles. The Morgan fingerprint density at radius 1 is 1.04 bits per heavy atom. The maximum absolute atomic E-state index is 12.4. The standard InChI is InChI=1S/C17H19ClF3N5/c18-13-2-1-3-14(12-13)26-10-8-25(9-11-26)7-6-22-16-5-4-15(23-24-16)17(19,20)21/h1-5,12H,6-11H2,(H,22,24). The fraction of sp³-hybridized carbons (Fsp3) is 0.412. The fourth-order valence-electron chi connectivity index (χ4n) is 2.82. The van der Waals surface area contributed by atoms with Gasteiger partial charge in [0, 0.05) is 50.0 Å². The first-order valence-electron chi connectivity index (χ1n) is 8.29. The molecule has 2 aromatic rings. The second-order valence-electron chi connectivity index (χ2n) is 6.04. The summed E-state index contributed by atoms with van der Waals surface area (Å²) in [5.41, 5.74) is 0.135. The van der Waals surface area contributed by atoms with Gasteiger partial charge in [-0.15, -0.1) is 10.2 Å². The lowest BCUT2D eigenvalue weighted by Gasteiger charge is -2.36. The van der Waals surface area contributed by atoms with Crippen molar-refractivity contribution in [3.05, 3.63) is 47.1 Å². The molecule has 1 N–H and O–H groups in total. The van der Waals surface area contributed by atoms with Gasteiger partial charge in [0.15, 0.2) is 5.69 Å². The maximum atomic E-state index is 12.4.